The minimum Gasteiger partial charge on any atom is -0.356 e. The van der Waals surface area contributed by atoms with Crippen molar-refractivity contribution in [2.45, 2.75) is 39.7 Å². The fourth-order valence-electron chi connectivity index (χ4n) is 2.36. The molecule has 0 amide bonds. The Morgan fingerprint density at radius 2 is 1.96 bits per heavy atom. The first-order valence-electron chi connectivity index (χ1n) is 8.37. The Morgan fingerprint density at radius 1 is 1.29 bits per heavy atom. The van der Waals surface area contributed by atoms with Gasteiger partial charge in [-0.3, -0.25) is 4.99 Å². The maximum absolute atomic E-state index is 13.1. The molecule has 1 aromatic rings. The van der Waals surface area contributed by atoms with Crippen LogP contribution in [-0.2, 0) is 6.42 Å². The number of hydrogen-bond acceptors (Lipinski definition) is 2. The summed E-state index contributed by atoms with van der Waals surface area (Å²) in [7, 11) is 3.92. The molecule has 0 spiro atoms. The smallest absolute Gasteiger partial charge is 0.191 e. The van der Waals surface area contributed by atoms with Gasteiger partial charge in [0.2, 0.25) is 0 Å². The number of likely N-dealkylation sites (N-methyl/N-ethyl adjacent to an activating group) is 1. The third-order valence-corrected chi connectivity index (χ3v) is 4.32. The molecule has 138 valence electrons. The van der Waals surface area contributed by atoms with E-state index < -0.39 is 0 Å². The fourth-order valence-corrected chi connectivity index (χ4v) is 2.36. The van der Waals surface area contributed by atoms with Crippen LogP contribution in [-0.4, -0.2) is 50.6 Å². The van der Waals surface area contributed by atoms with Crippen LogP contribution in [0, 0.1) is 12.7 Å². The summed E-state index contributed by atoms with van der Waals surface area (Å²) in [5.74, 6) is 0.629. The van der Waals surface area contributed by atoms with Gasteiger partial charge in [0.25, 0.3) is 0 Å². The second kappa shape index (κ2) is 12.5. The molecule has 1 aromatic carbocycles. The summed E-state index contributed by atoms with van der Waals surface area (Å²) in [6.45, 7) is 8.98. The van der Waals surface area contributed by atoms with E-state index in [-0.39, 0.29) is 29.8 Å². The van der Waals surface area contributed by atoms with Gasteiger partial charge in [-0.05, 0) is 57.0 Å². The average Bonchev–Trinajstić information content (AvgIpc) is 2.54. The third kappa shape index (κ3) is 8.28. The summed E-state index contributed by atoms with van der Waals surface area (Å²) < 4.78 is 13.1. The highest BCUT2D eigenvalue weighted by Gasteiger charge is 2.06. The molecule has 0 heterocycles. The van der Waals surface area contributed by atoms with Gasteiger partial charge in [0.1, 0.15) is 5.82 Å². The van der Waals surface area contributed by atoms with Crippen molar-refractivity contribution in [1.29, 1.82) is 0 Å². The summed E-state index contributed by atoms with van der Waals surface area (Å²) in [4.78, 5) is 6.57. The summed E-state index contributed by atoms with van der Waals surface area (Å²) in [6, 6.07) is 5.53. The maximum Gasteiger partial charge on any atom is 0.191 e. The maximum atomic E-state index is 13.1. The summed E-state index contributed by atoms with van der Waals surface area (Å²) in [5.41, 5.74) is 2.15. The summed E-state index contributed by atoms with van der Waals surface area (Å²) in [6.07, 6.45) is 2.00. The van der Waals surface area contributed by atoms with E-state index in [0.717, 1.165) is 49.6 Å². The van der Waals surface area contributed by atoms with Crippen molar-refractivity contribution in [3.8, 4) is 0 Å². The van der Waals surface area contributed by atoms with Crippen molar-refractivity contribution in [2.75, 3.05) is 33.7 Å². The Kier molecular flexibility index (Phi) is 12.0. The Bertz CT molecular complexity index is 508. The molecule has 0 saturated carbocycles. The number of hydrogen-bond donors (Lipinski definition) is 2. The topological polar surface area (TPSA) is 39.7 Å². The standard InChI is InChI=1S/C18H31FN4.HI/c1-6-15(3)23(5)12-11-22-18(20-4)21-10-9-16-7-8-17(19)13-14(16)2;/h7-8,13,15H,6,9-12H2,1-5H3,(H2,20,21,22);1H. The van der Waals surface area contributed by atoms with Crippen LogP contribution >= 0.6 is 24.0 Å². The second-order valence-electron chi connectivity index (χ2n) is 5.98. The van der Waals surface area contributed by atoms with E-state index in [9.17, 15) is 4.39 Å². The van der Waals surface area contributed by atoms with Gasteiger partial charge >= 0.3 is 0 Å². The molecule has 2 N–H and O–H groups in total. The Balaban J connectivity index is 0.00000529. The van der Waals surface area contributed by atoms with Crippen molar-refractivity contribution in [2.24, 2.45) is 4.99 Å². The molecule has 0 radical (unpaired) electrons. The highest BCUT2D eigenvalue weighted by Crippen LogP contribution is 2.10. The zero-order chi connectivity index (χ0) is 17.2. The van der Waals surface area contributed by atoms with Gasteiger partial charge in [-0.15, -0.1) is 24.0 Å². The van der Waals surface area contributed by atoms with Crippen molar-refractivity contribution in [3.63, 3.8) is 0 Å². The molecule has 1 rings (SSSR count). The van der Waals surface area contributed by atoms with Gasteiger partial charge in [-0.1, -0.05) is 13.0 Å². The van der Waals surface area contributed by atoms with Gasteiger partial charge in [-0.2, -0.15) is 0 Å². The van der Waals surface area contributed by atoms with Crippen LogP contribution in [0.4, 0.5) is 4.39 Å². The fraction of sp³-hybridized carbons (Fsp3) is 0.611. The van der Waals surface area contributed by atoms with Gasteiger partial charge in [0.15, 0.2) is 5.96 Å². The molecule has 0 fully saturated rings. The monoisotopic (exact) mass is 450 g/mol. The lowest BCUT2D eigenvalue weighted by Crippen LogP contribution is -2.42. The van der Waals surface area contributed by atoms with Crippen molar-refractivity contribution >= 4 is 29.9 Å². The highest BCUT2D eigenvalue weighted by atomic mass is 127. The molecule has 0 aliphatic carbocycles. The quantitative estimate of drug-likeness (QED) is 0.363. The average molecular weight is 450 g/mol. The number of aliphatic imine (C=N–C) groups is 1. The Hall–Kier alpha value is -0.890. The van der Waals surface area contributed by atoms with Crippen LogP contribution in [0.3, 0.4) is 0 Å². The lowest BCUT2D eigenvalue weighted by Gasteiger charge is -2.24. The normalized spacial score (nSPS) is 12.7. The molecule has 0 aliphatic rings. The third-order valence-electron chi connectivity index (χ3n) is 4.32. The van der Waals surface area contributed by atoms with Crippen molar-refractivity contribution in [3.05, 3.63) is 35.1 Å². The first kappa shape index (κ1) is 23.1. The van der Waals surface area contributed by atoms with E-state index >= 15 is 0 Å². The number of guanidine groups is 1. The van der Waals surface area contributed by atoms with E-state index in [4.69, 9.17) is 0 Å². The van der Waals surface area contributed by atoms with Gasteiger partial charge < -0.3 is 15.5 Å². The molecule has 4 nitrogen and oxygen atoms in total. The molecule has 1 atom stereocenters. The van der Waals surface area contributed by atoms with Crippen LogP contribution in [0.1, 0.15) is 31.4 Å². The van der Waals surface area contributed by atoms with E-state index in [2.05, 4.69) is 41.4 Å². The Labute approximate surface area is 163 Å². The first-order chi connectivity index (χ1) is 11.0. The predicted molar refractivity (Wildman–Crippen MR) is 112 cm³/mol. The van der Waals surface area contributed by atoms with Crippen molar-refractivity contribution in [1.82, 2.24) is 15.5 Å². The second-order valence-corrected chi connectivity index (χ2v) is 5.98. The largest absolute Gasteiger partial charge is 0.356 e. The van der Waals surface area contributed by atoms with Crippen LogP contribution in [0.15, 0.2) is 23.2 Å². The lowest BCUT2D eigenvalue weighted by molar-refractivity contribution is 0.255. The molecule has 1 unspecified atom stereocenters. The zero-order valence-electron chi connectivity index (χ0n) is 15.5. The summed E-state index contributed by atoms with van der Waals surface area (Å²) >= 11 is 0. The lowest BCUT2D eigenvalue weighted by atomic mass is 10.1. The minimum absolute atomic E-state index is 0. The molecular formula is C18H32FIN4. The number of aryl methyl sites for hydroxylation is 1. The summed E-state index contributed by atoms with van der Waals surface area (Å²) in [5, 5.41) is 6.63. The number of nitrogens with zero attached hydrogens (tertiary/aromatic N) is 2. The van der Waals surface area contributed by atoms with Crippen LogP contribution in [0.25, 0.3) is 0 Å². The van der Waals surface area contributed by atoms with Gasteiger partial charge in [0.05, 0.1) is 0 Å². The van der Waals surface area contributed by atoms with E-state index in [1.165, 1.54) is 6.07 Å². The SMILES string of the molecule is CCC(C)N(C)CCNC(=NC)NCCc1ccc(F)cc1C.I. The molecule has 6 heteroatoms. The van der Waals surface area contributed by atoms with E-state index in [0.29, 0.717) is 6.04 Å². The minimum atomic E-state index is -0.179. The van der Waals surface area contributed by atoms with Crippen LogP contribution in [0.2, 0.25) is 0 Å². The Morgan fingerprint density at radius 3 is 2.54 bits per heavy atom. The number of nitrogens with one attached hydrogen (secondary N) is 2. The molecule has 0 aliphatic heterocycles. The number of halogens is 2. The van der Waals surface area contributed by atoms with Gasteiger partial charge in [-0.25, -0.2) is 4.39 Å². The molecule has 24 heavy (non-hydrogen) atoms. The van der Waals surface area contributed by atoms with Crippen molar-refractivity contribution < 1.29 is 4.39 Å². The zero-order valence-corrected chi connectivity index (χ0v) is 17.9. The number of benzene rings is 1. The van der Waals surface area contributed by atoms with E-state index in [1.807, 2.05) is 13.0 Å². The molecule has 0 saturated heterocycles. The van der Waals surface area contributed by atoms with E-state index in [1.54, 1.807) is 13.1 Å². The first-order valence-corrected chi connectivity index (χ1v) is 8.37. The highest BCUT2D eigenvalue weighted by molar-refractivity contribution is 14.0. The molecule has 0 aromatic heterocycles. The predicted octanol–water partition coefficient (Wildman–Crippen LogP) is 3.19. The van der Waals surface area contributed by atoms with Crippen LogP contribution in [0.5, 0.6) is 0 Å². The van der Waals surface area contributed by atoms with Crippen LogP contribution < -0.4 is 10.6 Å². The van der Waals surface area contributed by atoms with Gasteiger partial charge in [0, 0.05) is 32.7 Å². The molecular weight excluding hydrogens is 418 g/mol. The number of rotatable bonds is 8. The molecule has 0 bridgehead atoms.